The molecule has 0 heterocycles. The minimum atomic E-state index is -0.746. The number of aliphatic hydroxyl groups is 1. The molecule has 2 N–H and O–H groups in total. The summed E-state index contributed by atoms with van der Waals surface area (Å²) in [4.78, 5) is 23.3. The van der Waals surface area contributed by atoms with Gasteiger partial charge in [-0.15, -0.1) is 0 Å². The number of aliphatic carboxylic acids is 1. The smallest absolute Gasteiger partial charge is 0.303 e. The Balaban J connectivity index is 1.54. The van der Waals surface area contributed by atoms with Crippen molar-refractivity contribution in [3.8, 4) is 0 Å². The van der Waals surface area contributed by atoms with Gasteiger partial charge < -0.3 is 10.2 Å². The molecule has 0 aromatic rings. The molecule has 4 aliphatic rings. The molecule has 27 heavy (non-hydrogen) atoms. The van der Waals surface area contributed by atoms with Crippen LogP contribution >= 0.6 is 0 Å². The number of aliphatic hydroxyl groups excluding tert-OH is 1. The third-order valence-electron chi connectivity index (χ3n) is 9.08. The Morgan fingerprint density at radius 1 is 1.15 bits per heavy atom. The average Bonchev–Trinajstić information content (AvgIpc) is 2.91. The second-order valence-corrected chi connectivity index (χ2v) is 10.2. The van der Waals surface area contributed by atoms with Crippen molar-refractivity contribution < 1.29 is 19.8 Å². The molecule has 0 bridgehead atoms. The Labute approximate surface area is 162 Å². The summed E-state index contributed by atoms with van der Waals surface area (Å²) < 4.78 is 0. The van der Waals surface area contributed by atoms with Crippen molar-refractivity contribution in [2.45, 2.75) is 84.2 Å². The van der Waals surface area contributed by atoms with Gasteiger partial charge in [0.15, 0.2) is 0 Å². The highest BCUT2D eigenvalue weighted by Gasteiger charge is 2.61. The van der Waals surface area contributed by atoms with E-state index in [0.29, 0.717) is 30.0 Å². The molecule has 0 saturated heterocycles. The van der Waals surface area contributed by atoms with E-state index in [0.717, 1.165) is 51.4 Å². The molecule has 4 aliphatic carbocycles. The minimum Gasteiger partial charge on any atom is -0.481 e. The Morgan fingerprint density at radius 2 is 1.93 bits per heavy atom. The summed E-state index contributed by atoms with van der Waals surface area (Å²) in [6, 6.07) is 0. The fourth-order valence-electron chi connectivity index (χ4n) is 7.50. The van der Waals surface area contributed by atoms with Crippen LogP contribution in [0, 0.1) is 34.5 Å². The lowest BCUT2D eigenvalue weighted by Gasteiger charge is -2.61. The largest absolute Gasteiger partial charge is 0.481 e. The number of ketones is 1. The molecule has 7 atom stereocenters. The van der Waals surface area contributed by atoms with E-state index < -0.39 is 5.97 Å². The number of hydrogen-bond acceptors (Lipinski definition) is 3. The third kappa shape index (κ3) is 2.99. The molecule has 4 saturated carbocycles. The summed E-state index contributed by atoms with van der Waals surface area (Å²) in [5, 5.41) is 20.0. The molecule has 4 nitrogen and oxygen atoms in total. The summed E-state index contributed by atoms with van der Waals surface area (Å²) in [5.74, 6) is 1.57. The van der Waals surface area contributed by atoms with Gasteiger partial charge >= 0.3 is 5.97 Å². The Hall–Kier alpha value is -1.16. The Morgan fingerprint density at radius 3 is 2.67 bits per heavy atom. The van der Waals surface area contributed by atoms with Crippen LogP contribution in [0.25, 0.3) is 0 Å². The number of carbonyl (C=O) groups excluding carboxylic acids is 1. The second kappa shape index (κ2) is 6.72. The van der Waals surface area contributed by atoms with Gasteiger partial charge in [0.1, 0.15) is 5.78 Å². The molecule has 4 fully saturated rings. The second-order valence-electron chi connectivity index (χ2n) is 10.2. The van der Waals surface area contributed by atoms with Gasteiger partial charge in [0, 0.05) is 18.3 Å². The van der Waals surface area contributed by atoms with Crippen molar-refractivity contribution in [1.82, 2.24) is 0 Å². The minimum absolute atomic E-state index is 0.138. The highest BCUT2D eigenvalue weighted by atomic mass is 16.4. The number of allylic oxidation sites excluding steroid dienone is 2. The van der Waals surface area contributed by atoms with E-state index in [1.54, 1.807) is 0 Å². The van der Waals surface area contributed by atoms with E-state index in [2.05, 4.69) is 19.9 Å². The van der Waals surface area contributed by atoms with Gasteiger partial charge in [-0.25, -0.2) is 0 Å². The number of Topliss-reactive ketones (excluding diaryl/α,β-unsaturated/α-hetero) is 1. The van der Waals surface area contributed by atoms with Gasteiger partial charge in [0.25, 0.3) is 0 Å². The molecule has 0 radical (unpaired) electrons. The van der Waals surface area contributed by atoms with E-state index in [4.69, 9.17) is 5.11 Å². The number of carboxylic acids is 1. The summed E-state index contributed by atoms with van der Waals surface area (Å²) in [7, 11) is 0. The molecular formula is C23H34O4. The topological polar surface area (TPSA) is 74.6 Å². The van der Waals surface area contributed by atoms with Crippen LogP contribution in [0.15, 0.2) is 11.6 Å². The van der Waals surface area contributed by atoms with E-state index >= 15 is 0 Å². The van der Waals surface area contributed by atoms with Crippen molar-refractivity contribution in [2.75, 3.05) is 0 Å². The normalized spacial score (nSPS) is 48.0. The van der Waals surface area contributed by atoms with Crippen LogP contribution in [-0.2, 0) is 9.59 Å². The van der Waals surface area contributed by atoms with Gasteiger partial charge in [0.05, 0.1) is 6.10 Å². The maximum atomic E-state index is 12.5. The number of hydrogen-bond donors (Lipinski definition) is 2. The standard InChI is InChI=1S/C23H34O4/c1-22-10-8-14(4-3-5-21(26)27)12-18(22)19(24)13-15-16-6-7-20(25)23(16,2)11-9-17(15)22/h4,15-19,24H,3,5-13H2,1-2H3,(H,26,27)/b14-4+/t15-,16-,17-,18+,19+,22+,23-/m0/s1. The number of carbonyl (C=O) groups is 2. The highest BCUT2D eigenvalue weighted by molar-refractivity contribution is 5.87. The fraction of sp³-hybridized carbons (Fsp3) is 0.826. The Bertz CT molecular complexity index is 667. The third-order valence-corrected chi connectivity index (χ3v) is 9.08. The summed E-state index contributed by atoms with van der Waals surface area (Å²) in [5.41, 5.74) is 1.35. The molecule has 0 spiro atoms. The maximum Gasteiger partial charge on any atom is 0.303 e. The summed E-state index contributed by atoms with van der Waals surface area (Å²) >= 11 is 0. The molecule has 0 aliphatic heterocycles. The van der Waals surface area contributed by atoms with Gasteiger partial charge in [-0.1, -0.05) is 25.5 Å². The predicted octanol–water partition coefficient (Wildman–Crippen LogP) is 4.36. The summed E-state index contributed by atoms with van der Waals surface area (Å²) in [6.07, 6.45) is 10.4. The molecule has 150 valence electrons. The zero-order valence-corrected chi connectivity index (χ0v) is 16.7. The first-order valence-electron chi connectivity index (χ1n) is 10.9. The zero-order valence-electron chi connectivity index (χ0n) is 16.7. The van der Waals surface area contributed by atoms with Crippen LogP contribution in [0.3, 0.4) is 0 Å². The van der Waals surface area contributed by atoms with Gasteiger partial charge in [-0.05, 0) is 80.5 Å². The first kappa shape index (κ1) is 19.2. The molecule has 0 unspecified atom stereocenters. The fourth-order valence-corrected chi connectivity index (χ4v) is 7.50. The lowest BCUT2D eigenvalue weighted by atomic mass is 9.44. The van der Waals surface area contributed by atoms with Crippen LogP contribution in [0.4, 0.5) is 0 Å². The quantitative estimate of drug-likeness (QED) is 0.720. The van der Waals surface area contributed by atoms with Crippen molar-refractivity contribution in [2.24, 2.45) is 34.5 Å². The van der Waals surface area contributed by atoms with Crippen LogP contribution in [0.1, 0.15) is 78.1 Å². The SMILES string of the molecule is C[C@]12CC/C(=C\CCC(=O)O)C[C@@H]1[C@H](O)C[C@@H]1[C@@H]2CC[C@]2(C)C(=O)CC[C@@H]12. The first-order chi connectivity index (χ1) is 12.8. The van der Waals surface area contributed by atoms with Crippen LogP contribution in [0.5, 0.6) is 0 Å². The average molecular weight is 375 g/mol. The molecule has 4 rings (SSSR count). The van der Waals surface area contributed by atoms with Crippen molar-refractivity contribution in [3.05, 3.63) is 11.6 Å². The van der Waals surface area contributed by atoms with Crippen molar-refractivity contribution in [3.63, 3.8) is 0 Å². The number of fused-ring (bicyclic) bond motifs is 5. The lowest BCUT2D eigenvalue weighted by Crippen LogP contribution is -2.57. The number of carboxylic acid groups (broad SMARTS) is 1. The van der Waals surface area contributed by atoms with Crippen LogP contribution in [-0.4, -0.2) is 28.1 Å². The van der Waals surface area contributed by atoms with Gasteiger partial charge in [-0.2, -0.15) is 0 Å². The first-order valence-corrected chi connectivity index (χ1v) is 10.9. The molecular weight excluding hydrogens is 340 g/mol. The van der Waals surface area contributed by atoms with E-state index in [-0.39, 0.29) is 29.3 Å². The Kier molecular flexibility index (Phi) is 4.77. The maximum absolute atomic E-state index is 12.5. The van der Waals surface area contributed by atoms with Gasteiger partial charge in [-0.3, -0.25) is 9.59 Å². The zero-order chi connectivity index (χ0) is 19.4. The molecule has 0 aromatic heterocycles. The van der Waals surface area contributed by atoms with Crippen LogP contribution in [0.2, 0.25) is 0 Å². The van der Waals surface area contributed by atoms with E-state index in [1.807, 2.05) is 0 Å². The van der Waals surface area contributed by atoms with Crippen LogP contribution < -0.4 is 0 Å². The molecule has 4 heteroatoms. The highest BCUT2D eigenvalue weighted by Crippen LogP contribution is 2.65. The van der Waals surface area contributed by atoms with Crippen molar-refractivity contribution >= 4 is 11.8 Å². The summed E-state index contributed by atoms with van der Waals surface area (Å²) in [6.45, 7) is 4.58. The molecule has 0 amide bonds. The number of rotatable bonds is 3. The van der Waals surface area contributed by atoms with Gasteiger partial charge in [0.2, 0.25) is 0 Å². The van der Waals surface area contributed by atoms with Crippen molar-refractivity contribution in [1.29, 1.82) is 0 Å². The molecule has 0 aromatic carbocycles. The monoisotopic (exact) mass is 374 g/mol. The lowest BCUT2D eigenvalue weighted by molar-refractivity contribution is -0.155. The van der Waals surface area contributed by atoms with E-state index in [9.17, 15) is 14.7 Å². The predicted molar refractivity (Wildman–Crippen MR) is 103 cm³/mol. The van der Waals surface area contributed by atoms with E-state index in [1.165, 1.54) is 5.57 Å².